The van der Waals surface area contributed by atoms with Crippen LogP contribution in [0, 0.1) is 11.3 Å². The van der Waals surface area contributed by atoms with Crippen molar-refractivity contribution in [3.05, 3.63) is 138 Å². The number of nitriles is 1. The Balaban J connectivity index is 1.51. The largest absolute Gasteiger partial charge is 0.276 e. The molecule has 0 N–H and O–H groups in total. The van der Waals surface area contributed by atoms with Crippen molar-refractivity contribution in [2.24, 2.45) is 4.99 Å². The van der Waals surface area contributed by atoms with Gasteiger partial charge in [-0.1, -0.05) is 84.9 Å². The van der Waals surface area contributed by atoms with Gasteiger partial charge in [0.2, 0.25) is 0 Å². The first-order valence-electron chi connectivity index (χ1n) is 12.8. The molecule has 6 aromatic rings. The minimum absolute atomic E-state index is 0.112. The smallest absolute Gasteiger partial charge is 0.101 e. The van der Waals surface area contributed by atoms with Crippen LogP contribution in [0.4, 0.5) is 0 Å². The van der Waals surface area contributed by atoms with E-state index in [0.29, 0.717) is 5.56 Å². The SMILES string of the molecule is N#Cc1cnccc1C1CC=CC(c2cc3c4ccccc4c(-c4ccccc4)cc3c3ccccc23)=N1. The Labute approximate surface area is 221 Å². The molecule has 0 amide bonds. The normalized spacial score (nSPS) is 15.0. The highest BCUT2D eigenvalue weighted by molar-refractivity contribution is 6.27. The predicted molar refractivity (Wildman–Crippen MR) is 156 cm³/mol. The first kappa shape index (κ1) is 22.2. The molecule has 1 aromatic heterocycles. The summed E-state index contributed by atoms with van der Waals surface area (Å²) in [5, 5.41) is 16.9. The average molecular weight is 486 g/mol. The monoisotopic (exact) mass is 485 g/mol. The molecule has 7 rings (SSSR count). The lowest BCUT2D eigenvalue weighted by Gasteiger charge is -2.20. The minimum atomic E-state index is -0.112. The van der Waals surface area contributed by atoms with E-state index in [4.69, 9.17) is 4.99 Å². The van der Waals surface area contributed by atoms with E-state index in [2.05, 4.69) is 114 Å². The molecule has 0 aliphatic carbocycles. The summed E-state index contributed by atoms with van der Waals surface area (Å²) in [6.45, 7) is 0. The number of allylic oxidation sites excluding steroid dienone is 1. The maximum Gasteiger partial charge on any atom is 0.101 e. The van der Waals surface area contributed by atoms with Crippen molar-refractivity contribution >= 4 is 38.0 Å². The van der Waals surface area contributed by atoms with E-state index in [-0.39, 0.29) is 6.04 Å². The summed E-state index contributed by atoms with van der Waals surface area (Å²) in [5.74, 6) is 0. The number of dihydropyridines is 1. The fourth-order valence-electron chi connectivity index (χ4n) is 5.74. The van der Waals surface area contributed by atoms with E-state index in [1.54, 1.807) is 12.4 Å². The van der Waals surface area contributed by atoms with E-state index in [9.17, 15) is 5.26 Å². The molecule has 1 unspecified atom stereocenters. The number of nitrogens with zero attached hydrogens (tertiary/aromatic N) is 3. The van der Waals surface area contributed by atoms with Gasteiger partial charge in [-0.05, 0) is 79.7 Å². The molecule has 0 bridgehead atoms. The van der Waals surface area contributed by atoms with E-state index in [1.165, 1.54) is 43.4 Å². The average Bonchev–Trinajstić information content (AvgIpc) is 3.00. The zero-order valence-electron chi connectivity index (χ0n) is 20.7. The first-order valence-corrected chi connectivity index (χ1v) is 12.8. The Morgan fingerprint density at radius 1 is 0.684 bits per heavy atom. The van der Waals surface area contributed by atoms with Gasteiger partial charge in [-0.3, -0.25) is 9.98 Å². The standard InChI is InChI=1S/C35H23N3/c36-21-24-22-37-18-17-25(24)34-15-8-16-35(38-34)33-20-32-27-12-5-4-11-26(27)30(23-9-2-1-3-10-23)19-31(32)28-13-6-7-14-29(28)33/h1-14,16-20,22,34H,15H2. The van der Waals surface area contributed by atoms with Crippen LogP contribution >= 0.6 is 0 Å². The molecule has 3 heteroatoms. The van der Waals surface area contributed by atoms with Gasteiger partial charge in [0.25, 0.3) is 0 Å². The molecule has 2 heterocycles. The second kappa shape index (κ2) is 9.10. The summed E-state index contributed by atoms with van der Waals surface area (Å²) in [6, 6.07) is 36.6. The molecule has 0 radical (unpaired) electrons. The zero-order chi connectivity index (χ0) is 25.5. The molecule has 1 atom stereocenters. The summed E-state index contributed by atoms with van der Waals surface area (Å²) in [5.41, 5.74) is 6.01. The van der Waals surface area contributed by atoms with Crippen LogP contribution in [0.3, 0.4) is 0 Å². The molecular weight excluding hydrogens is 462 g/mol. The maximum absolute atomic E-state index is 9.64. The van der Waals surface area contributed by atoms with Gasteiger partial charge in [0.05, 0.1) is 17.3 Å². The van der Waals surface area contributed by atoms with Crippen LogP contribution in [0.15, 0.2) is 127 Å². The highest BCUT2D eigenvalue weighted by Gasteiger charge is 2.20. The maximum atomic E-state index is 9.64. The molecule has 1 aliphatic rings. The lowest BCUT2D eigenvalue weighted by Crippen LogP contribution is -2.09. The van der Waals surface area contributed by atoms with E-state index >= 15 is 0 Å². The topological polar surface area (TPSA) is 49.0 Å². The third kappa shape index (κ3) is 3.58. The molecule has 0 saturated heterocycles. The zero-order valence-corrected chi connectivity index (χ0v) is 20.7. The summed E-state index contributed by atoms with van der Waals surface area (Å²) in [4.78, 5) is 9.32. The molecule has 0 spiro atoms. The third-order valence-electron chi connectivity index (χ3n) is 7.51. The fraction of sp³-hybridized carbons (Fsp3) is 0.0571. The van der Waals surface area contributed by atoms with Gasteiger partial charge in [0.15, 0.2) is 0 Å². The van der Waals surface area contributed by atoms with Crippen LogP contribution in [0.1, 0.15) is 29.2 Å². The van der Waals surface area contributed by atoms with E-state index in [0.717, 1.165) is 23.3 Å². The molecule has 3 nitrogen and oxygen atoms in total. The van der Waals surface area contributed by atoms with E-state index < -0.39 is 0 Å². The van der Waals surface area contributed by atoms with Gasteiger partial charge >= 0.3 is 0 Å². The number of aliphatic imine (C=N–C) groups is 1. The molecule has 178 valence electrons. The van der Waals surface area contributed by atoms with Gasteiger partial charge in [-0.15, -0.1) is 0 Å². The highest BCUT2D eigenvalue weighted by Crippen LogP contribution is 2.40. The minimum Gasteiger partial charge on any atom is -0.276 e. The molecule has 0 fully saturated rings. The Bertz CT molecular complexity index is 1960. The molecule has 38 heavy (non-hydrogen) atoms. The van der Waals surface area contributed by atoms with Crippen LogP contribution in [-0.4, -0.2) is 10.7 Å². The van der Waals surface area contributed by atoms with Crippen molar-refractivity contribution in [2.45, 2.75) is 12.5 Å². The van der Waals surface area contributed by atoms with Crippen LogP contribution in [-0.2, 0) is 0 Å². The number of aromatic nitrogens is 1. The third-order valence-corrected chi connectivity index (χ3v) is 7.51. The van der Waals surface area contributed by atoms with Gasteiger partial charge in [-0.25, -0.2) is 0 Å². The first-order chi connectivity index (χ1) is 18.8. The number of pyridine rings is 1. The van der Waals surface area contributed by atoms with Crippen LogP contribution in [0.25, 0.3) is 43.4 Å². The molecule has 0 saturated carbocycles. The van der Waals surface area contributed by atoms with Crippen molar-refractivity contribution in [1.29, 1.82) is 5.26 Å². The summed E-state index contributed by atoms with van der Waals surface area (Å²) < 4.78 is 0. The van der Waals surface area contributed by atoms with Gasteiger partial charge < -0.3 is 0 Å². The van der Waals surface area contributed by atoms with Crippen LogP contribution in [0.5, 0.6) is 0 Å². The number of benzene rings is 5. The number of rotatable bonds is 3. The predicted octanol–water partition coefficient (Wildman–Crippen LogP) is 8.57. The van der Waals surface area contributed by atoms with E-state index in [1.807, 2.05) is 6.07 Å². The Morgan fingerprint density at radius 2 is 1.32 bits per heavy atom. The summed E-state index contributed by atoms with van der Waals surface area (Å²) in [7, 11) is 0. The highest BCUT2D eigenvalue weighted by atomic mass is 14.8. The van der Waals surface area contributed by atoms with Crippen molar-refractivity contribution < 1.29 is 0 Å². The quantitative estimate of drug-likeness (QED) is 0.236. The van der Waals surface area contributed by atoms with Gasteiger partial charge in [-0.2, -0.15) is 5.26 Å². The lowest BCUT2D eigenvalue weighted by atomic mass is 9.87. The molecular formula is C35H23N3. The second-order valence-electron chi connectivity index (χ2n) is 9.64. The van der Waals surface area contributed by atoms with Crippen molar-refractivity contribution in [1.82, 2.24) is 4.98 Å². The van der Waals surface area contributed by atoms with Gasteiger partial charge in [0, 0.05) is 18.0 Å². The molecule has 1 aliphatic heterocycles. The van der Waals surface area contributed by atoms with Crippen LogP contribution in [0.2, 0.25) is 0 Å². The van der Waals surface area contributed by atoms with Crippen molar-refractivity contribution in [2.75, 3.05) is 0 Å². The number of hydrogen-bond donors (Lipinski definition) is 0. The fourth-order valence-corrected chi connectivity index (χ4v) is 5.74. The van der Waals surface area contributed by atoms with Crippen molar-refractivity contribution in [3.8, 4) is 17.2 Å². The van der Waals surface area contributed by atoms with Crippen LogP contribution < -0.4 is 0 Å². The second-order valence-corrected chi connectivity index (χ2v) is 9.64. The molecule has 5 aromatic carbocycles. The lowest BCUT2D eigenvalue weighted by molar-refractivity contribution is 0.733. The number of fused-ring (bicyclic) bond motifs is 5. The van der Waals surface area contributed by atoms with Crippen molar-refractivity contribution in [3.63, 3.8) is 0 Å². The Hall–Kier alpha value is -5.07. The summed E-state index contributed by atoms with van der Waals surface area (Å²) >= 11 is 0. The number of hydrogen-bond acceptors (Lipinski definition) is 3. The Kier molecular flexibility index (Phi) is 5.31. The Morgan fingerprint density at radius 3 is 2.03 bits per heavy atom. The van der Waals surface area contributed by atoms with Gasteiger partial charge in [0.1, 0.15) is 6.07 Å². The summed E-state index contributed by atoms with van der Waals surface area (Å²) in [6.07, 6.45) is 8.43.